The Kier molecular flexibility index (Phi) is 5.61. The third-order valence-electron chi connectivity index (χ3n) is 3.07. The maximum absolute atomic E-state index is 12.9. The normalized spacial score (nSPS) is 12.5. The zero-order valence-corrected chi connectivity index (χ0v) is 13.4. The van der Waals surface area contributed by atoms with Gasteiger partial charge in [-0.05, 0) is 30.5 Å². The number of thiophene rings is 1. The molecule has 1 aromatic heterocycles. The van der Waals surface area contributed by atoms with Crippen molar-refractivity contribution in [3.05, 3.63) is 52.2 Å². The van der Waals surface area contributed by atoms with Crippen LogP contribution >= 0.6 is 11.3 Å². The van der Waals surface area contributed by atoms with E-state index in [0.29, 0.717) is 0 Å². The molecule has 0 saturated carbocycles. The van der Waals surface area contributed by atoms with Crippen molar-refractivity contribution >= 4 is 28.9 Å². The molecule has 1 amide bonds. The van der Waals surface area contributed by atoms with Gasteiger partial charge >= 0.3 is 12.1 Å². The maximum atomic E-state index is 12.9. The number of hydrogen-bond donors (Lipinski definition) is 1. The molecule has 0 radical (unpaired) electrons. The lowest BCUT2D eigenvalue weighted by atomic mass is 10.1. The van der Waals surface area contributed by atoms with Gasteiger partial charge in [0.15, 0.2) is 6.10 Å². The van der Waals surface area contributed by atoms with Crippen LogP contribution in [0.15, 0.2) is 41.8 Å². The van der Waals surface area contributed by atoms with Gasteiger partial charge in [-0.15, -0.1) is 11.3 Å². The number of para-hydroxylation sites is 1. The molecule has 2 rings (SSSR count). The summed E-state index contributed by atoms with van der Waals surface area (Å²) in [7, 11) is 0. The van der Waals surface area contributed by atoms with Crippen LogP contribution in [0.5, 0.6) is 0 Å². The van der Waals surface area contributed by atoms with Crippen molar-refractivity contribution in [2.75, 3.05) is 5.32 Å². The molecule has 1 heterocycles. The second-order valence-corrected chi connectivity index (χ2v) is 5.95. The summed E-state index contributed by atoms with van der Waals surface area (Å²) in [5.74, 6) is -1.45. The van der Waals surface area contributed by atoms with E-state index in [9.17, 15) is 22.8 Å². The van der Waals surface area contributed by atoms with E-state index >= 15 is 0 Å². The molecule has 0 aliphatic carbocycles. The minimum atomic E-state index is -4.59. The Morgan fingerprint density at radius 1 is 1.21 bits per heavy atom. The molecule has 1 atom stereocenters. The highest BCUT2D eigenvalue weighted by Gasteiger charge is 2.34. The Labute approximate surface area is 140 Å². The second-order valence-electron chi connectivity index (χ2n) is 4.92. The third kappa shape index (κ3) is 4.82. The second kappa shape index (κ2) is 7.48. The van der Waals surface area contributed by atoms with Gasteiger partial charge in [-0.25, -0.2) is 0 Å². The minimum absolute atomic E-state index is 0.00836. The van der Waals surface area contributed by atoms with Gasteiger partial charge in [-0.1, -0.05) is 18.2 Å². The zero-order chi connectivity index (χ0) is 17.7. The lowest BCUT2D eigenvalue weighted by Crippen LogP contribution is -2.31. The number of carbonyl (C=O) groups is 2. The number of alkyl halides is 3. The van der Waals surface area contributed by atoms with E-state index in [1.165, 1.54) is 30.4 Å². The number of carbonyl (C=O) groups excluding carboxylic acids is 2. The van der Waals surface area contributed by atoms with Crippen LogP contribution in [-0.4, -0.2) is 18.0 Å². The van der Waals surface area contributed by atoms with Crippen LogP contribution in [0.2, 0.25) is 0 Å². The molecule has 1 unspecified atom stereocenters. The van der Waals surface area contributed by atoms with Crippen LogP contribution in [0.1, 0.15) is 17.4 Å². The molecule has 0 fully saturated rings. The highest BCUT2D eigenvalue weighted by Crippen LogP contribution is 2.34. The first-order chi connectivity index (χ1) is 11.3. The molecule has 128 valence electrons. The smallest absolute Gasteiger partial charge is 0.418 e. The average Bonchev–Trinajstić information content (AvgIpc) is 2.99. The van der Waals surface area contributed by atoms with Gasteiger partial charge in [-0.3, -0.25) is 9.59 Å². The summed E-state index contributed by atoms with van der Waals surface area (Å²) < 4.78 is 43.6. The summed E-state index contributed by atoms with van der Waals surface area (Å²) in [5.41, 5.74) is -1.34. The number of hydrogen-bond acceptors (Lipinski definition) is 4. The molecular weight excluding hydrogens is 343 g/mol. The summed E-state index contributed by atoms with van der Waals surface area (Å²) in [6.07, 6.45) is -5.80. The predicted molar refractivity (Wildman–Crippen MR) is 83.7 cm³/mol. The Hall–Kier alpha value is -2.35. The van der Waals surface area contributed by atoms with E-state index < -0.39 is 29.7 Å². The number of benzene rings is 1. The van der Waals surface area contributed by atoms with E-state index in [4.69, 9.17) is 4.74 Å². The van der Waals surface area contributed by atoms with Gasteiger partial charge in [0.25, 0.3) is 5.91 Å². The fourth-order valence-electron chi connectivity index (χ4n) is 1.92. The van der Waals surface area contributed by atoms with E-state index in [2.05, 4.69) is 5.32 Å². The molecule has 8 heteroatoms. The predicted octanol–water partition coefficient (Wildman–Crippen LogP) is 3.88. The van der Waals surface area contributed by atoms with E-state index in [1.54, 1.807) is 17.5 Å². The van der Waals surface area contributed by atoms with Gasteiger partial charge in [0.05, 0.1) is 17.7 Å². The maximum Gasteiger partial charge on any atom is 0.418 e. The van der Waals surface area contributed by atoms with Crippen molar-refractivity contribution in [2.24, 2.45) is 0 Å². The number of halogens is 3. The highest BCUT2D eigenvalue weighted by molar-refractivity contribution is 7.10. The first-order valence-corrected chi connectivity index (χ1v) is 7.84. The van der Waals surface area contributed by atoms with Crippen LogP contribution in [0.4, 0.5) is 18.9 Å². The molecule has 0 aliphatic heterocycles. The Bertz CT molecular complexity index is 714. The SMILES string of the molecule is CC(OC(=O)Cc1cccs1)C(=O)Nc1ccccc1C(F)(F)F. The summed E-state index contributed by atoms with van der Waals surface area (Å²) >= 11 is 1.37. The van der Waals surface area contributed by atoms with Crippen LogP contribution in [0, 0.1) is 0 Å². The van der Waals surface area contributed by atoms with Gasteiger partial charge in [0.1, 0.15) is 0 Å². The number of ether oxygens (including phenoxy) is 1. The van der Waals surface area contributed by atoms with Crippen molar-refractivity contribution < 1.29 is 27.5 Å². The standard InChI is InChI=1S/C16H14F3NO3S/c1-10(23-14(21)9-11-5-4-8-24-11)15(22)20-13-7-3-2-6-12(13)16(17,18)19/h2-8,10H,9H2,1H3,(H,20,22). The fraction of sp³-hybridized carbons (Fsp3) is 0.250. The summed E-state index contributed by atoms with van der Waals surface area (Å²) in [6, 6.07) is 8.12. The molecule has 1 N–H and O–H groups in total. The number of rotatable bonds is 5. The Balaban J connectivity index is 1.98. The highest BCUT2D eigenvalue weighted by atomic mass is 32.1. The largest absolute Gasteiger partial charge is 0.452 e. The molecule has 2 aromatic rings. The van der Waals surface area contributed by atoms with E-state index in [-0.39, 0.29) is 12.1 Å². The fourth-order valence-corrected chi connectivity index (χ4v) is 2.61. The molecular formula is C16H14F3NO3S. The molecule has 4 nitrogen and oxygen atoms in total. The van der Waals surface area contributed by atoms with Crippen molar-refractivity contribution in [2.45, 2.75) is 25.6 Å². The van der Waals surface area contributed by atoms with Crippen molar-refractivity contribution in [1.29, 1.82) is 0 Å². The summed E-state index contributed by atoms with van der Waals surface area (Å²) in [6.45, 7) is 1.30. The molecule has 24 heavy (non-hydrogen) atoms. The van der Waals surface area contributed by atoms with Crippen molar-refractivity contribution in [3.63, 3.8) is 0 Å². The quantitative estimate of drug-likeness (QED) is 0.827. The van der Waals surface area contributed by atoms with Crippen LogP contribution in [0.3, 0.4) is 0 Å². The van der Waals surface area contributed by atoms with E-state index in [0.717, 1.165) is 17.0 Å². The first-order valence-electron chi connectivity index (χ1n) is 6.96. The summed E-state index contributed by atoms with van der Waals surface area (Å²) in [4.78, 5) is 24.5. The van der Waals surface area contributed by atoms with E-state index in [1.807, 2.05) is 0 Å². The number of anilines is 1. The van der Waals surface area contributed by atoms with Crippen LogP contribution < -0.4 is 5.32 Å². The molecule has 0 bridgehead atoms. The Morgan fingerprint density at radius 2 is 1.92 bits per heavy atom. The summed E-state index contributed by atoms with van der Waals surface area (Å²) in [5, 5.41) is 3.95. The number of nitrogens with one attached hydrogen (secondary N) is 1. The Morgan fingerprint density at radius 3 is 2.54 bits per heavy atom. The zero-order valence-electron chi connectivity index (χ0n) is 12.6. The minimum Gasteiger partial charge on any atom is -0.452 e. The van der Waals surface area contributed by atoms with Crippen molar-refractivity contribution in [3.8, 4) is 0 Å². The lowest BCUT2D eigenvalue weighted by molar-refractivity contribution is -0.152. The van der Waals surface area contributed by atoms with Crippen LogP contribution in [0.25, 0.3) is 0 Å². The number of esters is 1. The van der Waals surface area contributed by atoms with Crippen molar-refractivity contribution in [1.82, 2.24) is 0 Å². The average molecular weight is 357 g/mol. The van der Waals surface area contributed by atoms with Gasteiger partial charge < -0.3 is 10.1 Å². The topological polar surface area (TPSA) is 55.4 Å². The molecule has 0 saturated heterocycles. The monoisotopic (exact) mass is 357 g/mol. The first kappa shape index (κ1) is 18.0. The van der Waals surface area contributed by atoms with Gasteiger partial charge in [0, 0.05) is 4.88 Å². The lowest BCUT2D eigenvalue weighted by Gasteiger charge is -2.16. The van der Waals surface area contributed by atoms with Gasteiger partial charge in [0.2, 0.25) is 0 Å². The molecule has 1 aromatic carbocycles. The molecule has 0 spiro atoms. The van der Waals surface area contributed by atoms with Gasteiger partial charge in [-0.2, -0.15) is 13.2 Å². The number of amides is 1. The molecule has 0 aliphatic rings. The third-order valence-corrected chi connectivity index (χ3v) is 3.94. The van der Waals surface area contributed by atoms with Crippen LogP contribution in [-0.2, 0) is 26.9 Å².